The average molecular weight is 347 g/mol. The fourth-order valence-electron chi connectivity index (χ4n) is 2.47. The molecule has 1 amide bonds. The van der Waals surface area contributed by atoms with Crippen molar-refractivity contribution >= 4 is 17.7 Å². The molecule has 2 aromatic rings. The van der Waals surface area contributed by atoms with Crippen molar-refractivity contribution in [1.29, 1.82) is 0 Å². The molecule has 0 saturated heterocycles. The van der Waals surface area contributed by atoms with Crippen molar-refractivity contribution in [3.63, 3.8) is 0 Å². The van der Waals surface area contributed by atoms with E-state index in [4.69, 9.17) is 10.3 Å². The summed E-state index contributed by atoms with van der Waals surface area (Å²) in [7, 11) is 0. The predicted octanol–water partition coefficient (Wildman–Crippen LogP) is 2.55. The van der Waals surface area contributed by atoms with Crippen molar-refractivity contribution in [1.82, 2.24) is 10.1 Å². The van der Waals surface area contributed by atoms with E-state index < -0.39 is 0 Å². The highest BCUT2D eigenvalue weighted by Gasteiger charge is 2.14. The second-order valence-electron chi connectivity index (χ2n) is 5.70. The molecule has 24 heavy (non-hydrogen) atoms. The van der Waals surface area contributed by atoms with Gasteiger partial charge in [0, 0.05) is 31.0 Å². The summed E-state index contributed by atoms with van der Waals surface area (Å²) in [5.74, 6) is 2.14. The van der Waals surface area contributed by atoms with Crippen LogP contribution in [0, 0.1) is 13.8 Å². The van der Waals surface area contributed by atoms with Gasteiger partial charge in [0.05, 0.1) is 11.4 Å². The number of carbonyl (C=O) groups is 1. The summed E-state index contributed by atoms with van der Waals surface area (Å²) in [4.78, 5) is 14.3. The average Bonchev–Trinajstić information content (AvgIpc) is 2.91. The SMILES string of the molecule is Cc1noc(C)c1CSCC(=O)N(CCN)CCc1ccccc1. The molecule has 0 saturated carbocycles. The topological polar surface area (TPSA) is 72.4 Å². The summed E-state index contributed by atoms with van der Waals surface area (Å²) in [5.41, 5.74) is 8.88. The van der Waals surface area contributed by atoms with E-state index in [0.29, 0.717) is 25.4 Å². The highest BCUT2D eigenvalue weighted by Crippen LogP contribution is 2.19. The van der Waals surface area contributed by atoms with Crippen LogP contribution in [0.3, 0.4) is 0 Å². The maximum absolute atomic E-state index is 12.5. The fraction of sp³-hybridized carbons (Fsp3) is 0.444. The predicted molar refractivity (Wildman–Crippen MR) is 97.9 cm³/mol. The van der Waals surface area contributed by atoms with E-state index in [1.807, 2.05) is 36.9 Å². The van der Waals surface area contributed by atoms with Gasteiger partial charge in [0.1, 0.15) is 5.76 Å². The lowest BCUT2D eigenvalue weighted by atomic mass is 10.1. The molecule has 0 radical (unpaired) electrons. The Kier molecular flexibility index (Phi) is 7.34. The zero-order valence-electron chi connectivity index (χ0n) is 14.3. The van der Waals surface area contributed by atoms with Crippen LogP contribution in [0.4, 0.5) is 0 Å². The summed E-state index contributed by atoms with van der Waals surface area (Å²) in [6.07, 6.45) is 0.848. The lowest BCUT2D eigenvalue weighted by Gasteiger charge is -2.22. The van der Waals surface area contributed by atoms with Gasteiger partial charge in [-0.1, -0.05) is 35.5 Å². The molecule has 0 fully saturated rings. The molecule has 0 atom stereocenters. The highest BCUT2D eigenvalue weighted by molar-refractivity contribution is 7.99. The van der Waals surface area contributed by atoms with Crippen LogP contribution in [0.5, 0.6) is 0 Å². The molecule has 0 aliphatic carbocycles. The van der Waals surface area contributed by atoms with Gasteiger partial charge in [-0.3, -0.25) is 4.79 Å². The summed E-state index contributed by atoms with van der Waals surface area (Å²) in [5, 5.41) is 3.94. The number of carbonyl (C=O) groups excluding carboxylic acids is 1. The Balaban J connectivity index is 1.82. The number of nitrogens with zero attached hydrogens (tertiary/aromatic N) is 2. The summed E-state index contributed by atoms with van der Waals surface area (Å²) in [6.45, 7) is 5.60. The van der Waals surface area contributed by atoms with Crippen molar-refractivity contribution in [2.45, 2.75) is 26.0 Å². The minimum atomic E-state index is 0.133. The molecule has 5 nitrogen and oxygen atoms in total. The van der Waals surface area contributed by atoms with Crippen molar-refractivity contribution in [2.75, 3.05) is 25.4 Å². The van der Waals surface area contributed by atoms with Crippen molar-refractivity contribution < 1.29 is 9.32 Å². The largest absolute Gasteiger partial charge is 0.361 e. The number of nitrogens with two attached hydrogens (primary N) is 1. The van der Waals surface area contributed by atoms with Crippen LogP contribution in [0.1, 0.15) is 22.6 Å². The normalized spacial score (nSPS) is 10.8. The molecule has 1 aromatic carbocycles. The number of hydrogen-bond donors (Lipinski definition) is 1. The third-order valence-electron chi connectivity index (χ3n) is 3.92. The lowest BCUT2D eigenvalue weighted by Crippen LogP contribution is -2.38. The first-order valence-electron chi connectivity index (χ1n) is 8.13. The van der Waals surface area contributed by atoms with Crippen molar-refractivity contribution in [3.8, 4) is 0 Å². The summed E-state index contributed by atoms with van der Waals surface area (Å²) < 4.78 is 5.15. The van der Waals surface area contributed by atoms with Crippen LogP contribution in [-0.2, 0) is 17.0 Å². The monoisotopic (exact) mass is 347 g/mol. The summed E-state index contributed by atoms with van der Waals surface area (Å²) >= 11 is 1.59. The Bertz CT molecular complexity index is 623. The van der Waals surface area contributed by atoms with Crippen molar-refractivity contribution in [2.24, 2.45) is 5.73 Å². The first-order valence-corrected chi connectivity index (χ1v) is 9.28. The van der Waals surface area contributed by atoms with Crippen molar-refractivity contribution in [3.05, 3.63) is 52.9 Å². The molecule has 2 N–H and O–H groups in total. The molecule has 0 unspecified atom stereocenters. The molecular formula is C18H25N3O2S. The maximum atomic E-state index is 12.5. The molecule has 130 valence electrons. The number of benzene rings is 1. The lowest BCUT2D eigenvalue weighted by molar-refractivity contribution is -0.128. The molecule has 2 rings (SSSR count). The first kappa shape index (κ1) is 18.5. The standard InChI is InChI=1S/C18H25N3O2S/c1-14-17(15(2)23-20-14)12-24-13-18(22)21(11-9-19)10-8-16-6-4-3-5-7-16/h3-7H,8-13,19H2,1-2H3. The Morgan fingerprint density at radius 1 is 1.25 bits per heavy atom. The maximum Gasteiger partial charge on any atom is 0.232 e. The van der Waals surface area contributed by atoms with Gasteiger partial charge < -0.3 is 15.2 Å². The van der Waals surface area contributed by atoms with E-state index in [-0.39, 0.29) is 5.91 Å². The van der Waals surface area contributed by atoms with E-state index in [2.05, 4.69) is 17.3 Å². The zero-order chi connectivity index (χ0) is 17.4. The second kappa shape index (κ2) is 9.49. The van der Waals surface area contributed by atoms with Crippen LogP contribution < -0.4 is 5.73 Å². The van der Waals surface area contributed by atoms with Gasteiger partial charge in [-0.15, -0.1) is 11.8 Å². The molecule has 1 heterocycles. The fourth-order valence-corrected chi connectivity index (χ4v) is 3.54. The van der Waals surface area contributed by atoms with Crippen LogP contribution in [0.15, 0.2) is 34.9 Å². The van der Waals surface area contributed by atoms with Gasteiger partial charge in [0.25, 0.3) is 0 Å². The zero-order valence-corrected chi connectivity index (χ0v) is 15.1. The Hall–Kier alpha value is -1.79. The first-order chi connectivity index (χ1) is 11.6. The van der Waals surface area contributed by atoms with Crippen LogP contribution in [0.2, 0.25) is 0 Å². The smallest absolute Gasteiger partial charge is 0.232 e. The van der Waals surface area contributed by atoms with Gasteiger partial charge >= 0.3 is 0 Å². The van der Waals surface area contributed by atoms with E-state index >= 15 is 0 Å². The van der Waals surface area contributed by atoms with Gasteiger partial charge in [-0.25, -0.2) is 0 Å². The van der Waals surface area contributed by atoms with Crippen LogP contribution in [0.25, 0.3) is 0 Å². The number of aromatic nitrogens is 1. The third-order valence-corrected chi connectivity index (χ3v) is 4.86. The number of hydrogen-bond acceptors (Lipinski definition) is 5. The highest BCUT2D eigenvalue weighted by atomic mass is 32.2. The van der Waals surface area contributed by atoms with Gasteiger partial charge in [-0.05, 0) is 25.8 Å². The van der Waals surface area contributed by atoms with E-state index in [9.17, 15) is 4.79 Å². The second-order valence-corrected chi connectivity index (χ2v) is 6.69. The van der Waals surface area contributed by atoms with E-state index in [1.165, 1.54) is 5.56 Å². The van der Waals surface area contributed by atoms with E-state index in [1.54, 1.807) is 11.8 Å². The quantitative estimate of drug-likeness (QED) is 0.755. The molecule has 0 spiro atoms. The van der Waals surface area contributed by atoms with Gasteiger partial charge in [0.2, 0.25) is 5.91 Å². The number of thioether (sulfide) groups is 1. The van der Waals surface area contributed by atoms with Gasteiger partial charge in [-0.2, -0.15) is 0 Å². The molecule has 0 aliphatic heterocycles. The minimum absolute atomic E-state index is 0.133. The third kappa shape index (κ3) is 5.39. The Morgan fingerprint density at radius 2 is 2.00 bits per heavy atom. The Labute approximate surface area is 147 Å². The summed E-state index contributed by atoms with van der Waals surface area (Å²) in [6, 6.07) is 10.2. The molecule has 1 aromatic heterocycles. The molecule has 0 aliphatic rings. The molecular weight excluding hydrogens is 322 g/mol. The Morgan fingerprint density at radius 3 is 2.62 bits per heavy atom. The number of aryl methyl sites for hydroxylation is 2. The minimum Gasteiger partial charge on any atom is -0.361 e. The van der Waals surface area contributed by atoms with Gasteiger partial charge in [0.15, 0.2) is 0 Å². The number of rotatable bonds is 9. The molecule has 0 bridgehead atoms. The van der Waals surface area contributed by atoms with Crippen LogP contribution in [-0.4, -0.2) is 41.4 Å². The molecule has 6 heteroatoms. The van der Waals surface area contributed by atoms with E-state index in [0.717, 1.165) is 29.2 Å². The van der Waals surface area contributed by atoms with Crippen LogP contribution >= 0.6 is 11.8 Å². The number of amides is 1.